The third-order valence-electron chi connectivity index (χ3n) is 2.72. The van der Waals surface area contributed by atoms with Crippen LogP contribution in [0.3, 0.4) is 0 Å². The quantitative estimate of drug-likeness (QED) is 0.688. The SMILES string of the molecule is COCCOCCCNC(C)c1ccc(F)cc1. The Bertz CT molecular complexity index is 316. The molecule has 0 aliphatic carbocycles. The third kappa shape index (κ3) is 6.10. The average molecular weight is 255 g/mol. The molecule has 1 aromatic rings. The lowest BCUT2D eigenvalue weighted by Crippen LogP contribution is -2.21. The minimum absolute atomic E-state index is 0.197. The van der Waals surface area contributed by atoms with Crippen LogP contribution in [0.15, 0.2) is 24.3 Å². The lowest BCUT2D eigenvalue weighted by molar-refractivity contribution is 0.0693. The number of methoxy groups -OCH3 is 1. The minimum atomic E-state index is -0.197. The van der Waals surface area contributed by atoms with E-state index in [1.165, 1.54) is 12.1 Å². The van der Waals surface area contributed by atoms with Gasteiger partial charge in [0.25, 0.3) is 0 Å². The van der Waals surface area contributed by atoms with Crippen molar-refractivity contribution in [3.05, 3.63) is 35.6 Å². The highest BCUT2D eigenvalue weighted by Crippen LogP contribution is 2.12. The van der Waals surface area contributed by atoms with Gasteiger partial charge in [0, 0.05) is 19.8 Å². The molecule has 0 amide bonds. The van der Waals surface area contributed by atoms with Crippen LogP contribution < -0.4 is 5.32 Å². The van der Waals surface area contributed by atoms with Gasteiger partial charge >= 0.3 is 0 Å². The van der Waals surface area contributed by atoms with Gasteiger partial charge in [0.15, 0.2) is 0 Å². The lowest BCUT2D eigenvalue weighted by Gasteiger charge is -2.14. The van der Waals surface area contributed by atoms with Gasteiger partial charge in [-0.05, 0) is 37.6 Å². The molecule has 0 saturated heterocycles. The van der Waals surface area contributed by atoms with E-state index in [-0.39, 0.29) is 11.9 Å². The Morgan fingerprint density at radius 3 is 2.56 bits per heavy atom. The highest BCUT2D eigenvalue weighted by molar-refractivity contribution is 5.19. The molecule has 1 rings (SSSR count). The Balaban J connectivity index is 2.10. The molecule has 1 N–H and O–H groups in total. The molecule has 0 radical (unpaired) electrons. The second kappa shape index (κ2) is 9.03. The fourth-order valence-corrected chi connectivity index (χ4v) is 1.61. The first kappa shape index (κ1) is 15.1. The first-order valence-corrected chi connectivity index (χ1v) is 6.29. The molecule has 102 valence electrons. The van der Waals surface area contributed by atoms with Gasteiger partial charge in [0.2, 0.25) is 0 Å². The molecule has 0 saturated carbocycles. The van der Waals surface area contributed by atoms with Gasteiger partial charge in [0.1, 0.15) is 5.82 Å². The summed E-state index contributed by atoms with van der Waals surface area (Å²) in [6, 6.07) is 6.82. The molecule has 3 nitrogen and oxygen atoms in total. The number of halogens is 1. The lowest BCUT2D eigenvalue weighted by atomic mass is 10.1. The van der Waals surface area contributed by atoms with Gasteiger partial charge in [-0.2, -0.15) is 0 Å². The van der Waals surface area contributed by atoms with Crippen LogP contribution in [0, 0.1) is 5.82 Å². The van der Waals surface area contributed by atoms with Crippen molar-refractivity contribution in [3.63, 3.8) is 0 Å². The standard InChI is InChI=1S/C14H22FNO2/c1-12(13-4-6-14(15)7-5-13)16-8-3-9-18-11-10-17-2/h4-7,12,16H,3,8-11H2,1-2H3. The Morgan fingerprint density at radius 2 is 1.89 bits per heavy atom. The molecule has 0 bridgehead atoms. The monoisotopic (exact) mass is 255 g/mol. The van der Waals surface area contributed by atoms with E-state index in [1.807, 2.05) is 12.1 Å². The zero-order valence-electron chi connectivity index (χ0n) is 11.1. The predicted molar refractivity (Wildman–Crippen MR) is 70.1 cm³/mol. The fraction of sp³-hybridized carbons (Fsp3) is 0.571. The number of hydrogen-bond donors (Lipinski definition) is 1. The summed E-state index contributed by atoms with van der Waals surface area (Å²) >= 11 is 0. The van der Waals surface area contributed by atoms with Crippen LogP contribution in [0.4, 0.5) is 4.39 Å². The predicted octanol–water partition coefficient (Wildman–Crippen LogP) is 2.53. The van der Waals surface area contributed by atoms with E-state index in [9.17, 15) is 4.39 Å². The minimum Gasteiger partial charge on any atom is -0.382 e. The normalized spacial score (nSPS) is 12.6. The van der Waals surface area contributed by atoms with Crippen LogP contribution in [0.5, 0.6) is 0 Å². The first-order valence-electron chi connectivity index (χ1n) is 6.29. The molecule has 0 aromatic heterocycles. The van der Waals surface area contributed by atoms with Crippen molar-refractivity contribution in [3.8, 4) is 0 Å². The third-order valence-corrected chi connectivity index (χ3v) is 2.72. The summed E-state index contributed by atoms with van der Waals surface area (Å²) in [6.45, 7) is 4.96. The van der Waals surface area contributed by atoms with Crippen LogP contribution >= 0.6 is 0 Å². The maximum atomic E-state index is 12.8. The molecule has 0 aliphatic heterocycles. The van der Waals surface area contributed by atoms with E-state index < -0.39 is 0 Å². The van der Waals surface area contributed by atoms with Crippen molar-refractivity contribution in [2.75, 3.05) is 33.5 Å². The number of rotatable bonds is 9. The molecule has 0 spiro atoms. The van der Waals surface area contributed by atoms with Crippen LogP contribution in [0.25, 0.3) is 0 Å². The zero-order chi connectivity index (χ0) is 13.2. The fourth-order valence-electron chi connectivity index (χ4n) is 1.61. The van der Waals surface area contributed by atoms with Crippen LogP contribution in [-0.2, 0) is 9.47 Å². The Hall–Kier alpha value is -0.970. The molecule has 0 fully saturated rings. The van der Waals surface area contributed by atoms with E-state index in [0.29, 0.717) is 13.2 Å². The molecule has 1 unspecified atom stereocenters. The average Bonchev–Trinajstić information content (AvgIpc) is 2.38. The van der Waals surface area contributed by atoms with E-state index >= 15 is 0 Å². The van der Waals surface area contributed by atoms with E-state index in [0.717, 1.165) is 25.1 Å². The summed E-state index contributed by atoms with van der Waals surface area (Å²) in [4.78, 5) is 0. The molecule has 1 atom stereocenters. The summed E-state index contributed by atoms with van der Waals surface area (Å²) in [5.74, 6) is -0.197. The van der Waals surface area contributed by atoms with E-state index in [4.69, 9.17) is 9.47 Å². The van der Waals surface area contributed by atoms with Crippen molar-refractivity contribution in [2.45, 2.75) is 19.4 Å². The van der Waals surface area contributed by atoms with Crippen LogP contribution in [0.2, 0.25) is 0 Å². The summed E-state index contributed by atoms with van der Waals surface area (Å²) < 4.78 is 23.0. The molecule has 1 aromatic carbocycles. The largest absolute Gasteiger partial charge is 0.382 e. The van der Waals surface area contributed by atoms with Crippen molar-refractivity contribution in [1.29, 1.82) is 0 Å². The van der Waals surface area contributed by atoms with Crippen molar-refractivity contribution < 1.29 is 13.9 Å². The first-order chi connectivity index (χ1) is 8.74. The maximum absolute atomic E-state index is 12.8. The van der Waals surface area contributed by atoms with Gasteiger partial charge < -0.3 is 14.8 Å². The van der Waals surface area contributed by atoms with Gasteiger partial charge in [-0.15, -0.1) is 0 Å². The van der Waals surface area contributed by atoms with Gasteiger partial charge in [-0.3, -0.25) is 0 Å². The summed E-state index contributed by atoms with van der Waals surface area (Å²) in [6.07, 6.45) is 0.954. The summed E-state index contributed by atoms with van der Waals surface area (Å²) in [5, 5.41) is 3.38. The Morgan fingerprint density at radius 1 is 1.17 bits per heavy atom. The molecule has 0 heterocycles. The maximum Gasteiger partial charge on any atom is 0.123 e. The highest BCUT2D eigenvalue weighted by atomic mass is 19.1. The summed E-state index contributed by atoms with van der Waals surface area (Å²) in [7, 11) is 1.66. The molecule has 0 aliphatic rings. The second-order valence-corrected chi connectivity index (χ2v) is 4.19. The number of nitrogens with one attached hydrogen (secondary N) is 1. The Labute approximate surface area is 108 Å². The molecule has 4 heteroatoms. The number of ether oxygens (including phenoxy) is 2. The molecular weight excluding hydrogens is 233 g/mol. The number of benzene rings is 1. The van der Waals surface area contributed by atoms with Crippen molar-refractivity contribution in [1.82, 2.24) is 5.32 Å². The second-order valence-electron chi connectivity index (χ2n) is 4.19. The van der Waals surface area contributed by atoms with Gasteiger partial charge in [-0.25, -0.2) is 4.39 Å². The smallest absolute Gasteiger partial charge is 0.123 e. The van der Waals surface area contributed by atoms with Gasteiger partial charge in [-0.1, -0.05) is 12.1 Å². The Kier molecular flexibility index (Phi) is 7.57. The van der Waals surface area contributed by atoms with Crippen molar-refractivity contribution in [2.24, 2.45) is 0 Å². The van der Waals surface area contributed by atoms with Gasteiger partial charge in [0.05, 0.1) is 13.2 Å². The topological polar surface area (TPSA) is 30.5 Å². The molecular formula is C14H22FNO2. The van der Waals surface area contributed by atoms with E-state index in [1.54, 1.807) is 7.11 Å². The molecule has 18 heavy (non-hydrogen) atoms. The van der Waals surface area contributed by atoms with E-state index in [2.05, 4.69) is 12.2 Å². The van der Waals surface area contributed by atoms with Crippen LogP contribution in [0.1, 0.15) is 24.9 Å². The van der Waals surface area contributed by atoms with Crippen LogP contribution in [-0.4, -0.2) is 33.5 Å². The van der Waals surface area contributed by atoms with Crippen molar-refractivity contribution >= 4 is 0 Å². The highest BCUT2D eigenvalue weighted by Gasteiger charge is 2.03. The summed E-state index contributed by atoms with van der Waals surface area (Å²) in [5.41, 5.74) is 1.09. The number of hydrogen-bond acceptors (Lipinski definition) is 3. The zero-order valence-corrected chi connectivity index (χ0v) is 11.1.